The van der Waals surface area contributed by atoms with Crippen LogP contribution in [0.15, 0.2) is 88.5 Å². The minimum Gasteiger partial charge on any atom is -0.317 e. The van der Waals surface area contributed by atoms with E-state index in [9.17, 15) is 9.59 Å². The molecule has 0 spiro atoms. The molecule has 0 amide bonds. The van der Waals surface area contributed by atoms with Crippen LogP contribution < -0.4 is 11.2 Å². The Balaban J connectivity index is 1.37. The highest BCUT2D eigenvalue weighted by atomic mass is 16.2. The molecule has 0 bridgehead atoms. The van der Waals surface area contributed by atoms with Gasteiger partial charge in [0.15, 0.2) is 11.2 Å². The quantitative estimate of drug-likeness (QED) is 0.194. The second-order valence-electron chi connectivity index (χ2n) is 13.1. The van der Waals surface area contributed by atoms with Crippen molar-refractivity contribution in [3.8, 4) is 22.5 Å². The van der Waals surface area contributed by atoms with Crippen molar-refractivity contribution in [1.29, 1.82) is 0 Å². The lowest BCUT2D eigenvalue weighted by atomic mass is 9.88. The topological polar surface area (TPSA) is 116 Å². The van der Waals surface area contributed by atoms with Crippen LogP contribution >= 0.6 is 0 Å². The first-order chi connectivity index (χ1) is 22.9. The molecule has 7 rings (SSSR count). The molecular weight excluding hydrogens is 588 g/mol. The number of nitrogens with one attached hydrogen (secondary N) is 1. The first kappa shape index (κ1) is 30.5. The van der Waals surface area contributed by atoms with E-state index >= 15 is 0 Å². The minimum absolute atomic E-state index is 0.194. The van der Waals surface area contributed by atoms with Crippen LogP contribution in [0.25, 0.3) is 33.7 Å². The largest absolute Gasteiger partial charge is 0.333 e. The van der Waals surface area contributed by atoms with Crippen molar-refractivity contribution in [2.45, 2.75) is 77.9 Å². The summed E-state index contributed by atoms with van der Waals surface area (Å²) in [6.45, 7) is 7.06. The molecule has 1 aliphatic rings. The molecule has 1 unspecified atom stereocenters. The summed E-state index contributed by atoms with van der Waals surface area (Å²) in [5.74, 6) is 1.88. The zero-order chi connectivity index (χ0) is 32.5. The third kappa shape index (κ3) is 5.84. The third-order valence-corrected chi connectivity index (χ3v) is 9.40. The molecule has 240 valence electrons. The molecule has 1 saturated carbocycles. The van der Waals surface area contributed by atoms with Gasteiger partial charge in [-0.15, -0.1) is 10.2 Å². The Morgan fingerprint density at radius 2 is 1.53 bits per heavy atom. The van der Waals surface area contributed by atoms with Gasteiger partial charge >= 0.3 is 5.69 Å². The van der Waals surface area contributed by atoms with Crippen LogP contribution in [0.2, 0.25) is 0 Å². The number of H-pyrrole nitrogens is 1. The smallest absolute Gasteiger partial charge is 0.317 e. The van der Waals surface area contributed by atoms with E-state index in [0.29, 0.717) is 30.1 Å². The van der Waals surface area contributed by atoms with E-state index in [2.05, 4.69) is 69.4 Å². The highest BCUT2D eigenvalue weighted by Gasteiger charge is 2.29. The predicted octanol–water partition coefficient (Wildman–Crippen LogP) is 6.57. The van der Waals surface area contributed by atoms with Crippen molar-refractivity contribution in [3.05, 3.63) is 117 Å². The van der Waals surface area contributed by atoms with Gasteiger partial charge in [-0.25, -0.2) is 9.78 Å². The van der Waals surface area contributed by atoms with Gasteiger partial charge in [-0.2, -0.15) is 5.21 Å². The molecule has 3 heterocycles. The molecule has 0 aliphatic heterocycles. The molecule has 1 N–H and O–H groups in total. The van der Waals surface area contributed by atoms with E-state index in [1.54, 1.807) is 4.57 Å². The summed E-state index contributed by atoms with van der Waals surface area (Å²) < 4.78 is 5.28. The van der Waals surface area contributed by atoms with E-state index in [0.717, 1.165) is 59.3 Å². The summed E-state index contributed by atoms with van der Waals surface area (Å²) in [6.07, 6.45) is 5.53. The van der Waals surface area contributed by atoms with Crippen molar-refractivity contribution in [2.24, 2.45) is 5.92 Å². The monoisotopic (exact) mass is 628 g/mol. The fourth-order valence-corrected chi connectivity index (χ4v) is 7.04. The number of rotatable bonds is 9. The highest BCUT2D eigenvalue weighted by Crippen LogP contribution is 2.35. The number of tetrazole rings is 1. The number of nitrogens with zero attached hydrogens (tertiary/aromatic N) is 7. The average molecular weight is 629 g/mol. The molecule has 1 fully saturated rings. The number of hydrogen-bond donors (Lipinski definition) is 1. The van der Waals surface area contributed by atoms with Gasteiger partial charge in [0.05, 0.1) is 6.04 Å². The molecular formula is C37H40N8O2. The van der Waals surface area contributed by atoms with Gasteiger partial charge in [0.25, 0.3) is 5.56 Å². The van der Waals surface area contributed by atoms with Gasteiger partial charge in [0, 0.05) is 24.6 Å². The Labute approximate surface area is 273 Å². The second-order valence-corrected chi connectivity index (χ2v) is 13.1. The lowest BCUT2D eigenvalue weighted by Crippen LogP contribution is -2.43. The SMILES string of the molecule is CC(C)Cn1c(=O)n(C(C)c2ccccc2)c(=O)c2c1nc(C1CCCCC1)n2Cc1ccc(-c2ccccc2-c2nn[nH]n2)cc1. The average Bonchev–Trinajstić information content (AvgIpc) is 3.77. The van der Waals surface area contributed by atoms with E-state index in [4.69, 9.17) is 4.98 Å². The molecule has 0 saturated heterocycles. The Morgan fingerprint density at radius 1 is 0.830 bits per heavy atom. The van der Waals surface area contributed by atoms with Crippen LogP contribution in [-0.4, -0.2) is 39.3 Å². The Kier molecular flexibility index (Phi) is 8.41. The second kappa shape index (κ2) is 12.9. The van der Waals surface area contributed by atoms with Crippen LogP contribution in [0.5, 0.6) is 0 Å². The molecule has 1 atom stereocenters. The van der Waals surface area contributed by atoms with Crippen molar-refractivity contribution in [3.63, 3.8) is 0 Å². The van der Waals surface area contributed by atoms with Crippen LogP contribution in [-0.2, 0) is 13.1 Å². The van der Waals surface area contributed by atoms with Crippen molar-refractivity contribution in [1.82, 2.24) is 39.3 Å². The summed E-state index contributed by atoms with van der Waals surface area (Å²) in [5, 5.41) is 14.7. The van der Waals surface area contributed by atoms with Gasteiger partial charge in [-0.05, 0) is 53.2 Å². The molecule has 0 radical (unpaired) electrons. The first-order valence-electron chi connectivity index (χ1n) is 16.6. The number of aromatic amines is 1. The summed E-state index contributed by atoms with van der Waals surface area (Å²) in [6, 6.07) is 25.7. The third-order valence-electron chi connectivity index (χ3n) is 9.40. The van der Waals surface area contributed by atoms with E-state index in [1.165, 1.54) is 11.0 Å². The minimum atomic E-state index is -0.431. The molecule has 47 heavy (non-hydrogen) atoms. The predicted molar refractivity (Wildman–Crippen MR) is 183 cm³/mol. The maximum absolute atomic E-state index is 14.6. The normalized spacial score (nSPS) is 14.6. The van der Waals surface area contributed by atoms with Crippen LogP contribution in [0.4, 0.5) is 0 Å². The summed E-state index contributed by atoms with van der Waals surface area (Å²) in [7, 11) is 0. The van der Waals surface area contributed by atoms with Gasteiger partial charge in [-0.3, -0.25) is 13.9 Å². The molecule has 3 aromatic carbocycles. The maximum atomic E-state index is 14.6. The van der Waals surface area contributed by atoms with Gasteiger partial charge in [0.1, 0.15) is 5.82 Å². The number of hydrogen-bond acceptors (Lipinski definition) is 6. The highest BCUT2D eigenvalue weighted by molar-refractivity contribution is 5.80. The Morgan fingerprint density at radius 3 is 2.21 bits per heavy atom. The zero-order valence-corrected chi connectivity index (χ0v) is 27.1. The van der Waals surface area contributed by atoms with Gasteiger partial charge in [0.2, 0.25) is 5.82 Å². The first-order valence-corrected chi connectivity index (χ1v) is 16.6. The summed E-state index contributed by atoms with van der Waals surface area (Å²) in [4.78, 5) is 33.9. The number of benzene rings is 3. The molecule has 3 aromatic heterocycles. The van der Waals surface area contributed by atoms with Crippen LogP contribution in [0.3, 0.4) is 0 Å². The Bertz CT molecular complexity index is 2100. The fraction of sp³-hybridized carbons (Fsp3) is 0.351. The number of aromatic nitrogens is 8. The van der Waals surface area contributed by atoms with E-state index in [-0.39, 0.29) is 23.1 Å². The molecule has 10 heteroatoms. The summed E-state index contributed by atoms with van der Waals surface area (Å²) in [5.41, 5.74) is 5.29. The lowest BCUT2D eigenvalue weighted by molar-refractivity contribution is 0.419. The molecule has 10 nitrogen and oxygen atoms in total. The maximum Gasteiger partial charge on any atom is 0.333 e. The number of fused-ring (bicyclic) bond motifs is 1. The lowest BCUT2D eigenvalue weighted by Gasteiger charge is -2.22. The van der Waals surface area contributed by atoms with E-state index < -0.39 is 6.04 Å². The number of imidazole rings is 1. The van der Waals surface area contributed by atoms with Gasteiger partial charge < -0.3 is 4.57 Å². The van der Waals surface area contributed by atoms with Gasteiger partial charge in [-0.1, -0.05) is 112 Å². The summed E-state index contributed by atoms with van der Waals surface area (Å²) >= 11 is 0. The van der Waals surface area contributed by atoms with Crippen molar-refractivity contribution < 1.29 is 0 Å². The Hall–Kier alpha value is -5.12. The fourth-order valence-electron chi connectivity index (χ4n) is 7.04. The standard InChI is InChI=1S/C37H40N8O2/c1-24(2)22-44-35-32(36(46)45(37(44)47)25(3)27-12-6-4-7-13-27)43(34(38-35)29-14-8-5-9-15-29)23-26-18-20-28(21-19-26)30-16-10-11-17-31(30)33-39-41-42-40-33/h4,6-7,10-13,16-21,24-25,29H,5,8-9,14-15,22-23H2,1-3H3,(H,39,40,41,42). The van der Waals surface area contributed by atoms with Crippen LogP contribution in [0.1, 0.15) is 81.8 Å². The van der Waals surface area contributed by atoms with Crippen LogP contribution in [0, 0.1) is 5.92 Å². The van der Waals surface area contributed by atoms with E-state index in [1.807, 2.05) is 55.5 Å². The van der Waals surface area contributed by atoms with Crippen molar-refractivity contribution >= 4 is 11.2 Å². The molecule has 1 aliphatic carbocycles. The molecule has 6 aromatic rings. The van der Waals surface area contributed by atoms with Crippen molar-refractivity contribution in [2.75, 3.05) is 0 Å². The zero-order valence-electron chi connectivity index (χ0n) is 27.1.